The maximum Gasteiger partial charge on any atom is 0.257 e. The third kappa shape index (κ3) is 4.09. The fourth-order valence-corrected chi connectivity index (χ4v) is 3.83. The van der Waals surface area contributed by atoms with E-state index in [1.807, 2.05) is 6.07 Å². The lowest BCUT2D eigenvalue weighted by Gasteiger charge is -2.30. The van der Waals surface area contributed by atoms with Gasteiger partial charge in [0.1, 0.15) is 11.0 Å². The molecule has 32 heavy (non-hydrogen) atoms. The Morgan fingerprint density at radius 1 is 1.09 bits per heavy atom. The quantitative estimate of drug-likeness (QED) is 0.510. The van der Waals surface area contributed by atoms with Crippen LogP contribution in [0.5, 0.6) is 0 Å². The summed E-state index contributed by atoms with van der Waals surface area (Å²) >= 11 is 0. The van der Waals surface area contributed by atoms with Crippen molar-refractivity contribution < 1.29 is 13.6 Å². The number of fused-ring (bicyclic) bond motifs is 2. The number of carbonyl (C=O) groups is 1. The molecule has 4 aromatic rings. The number of anilines is 2. The monoisotopic (exact) mass is 439 g/mol. The van der Waals surface area contributed by atoms with Crippen LogP contribution in [0.25, 0.3) is 16.7 Å². The third-order valence-corrected chi connectivity index (χ3v) is 5.19. The molecule has 0 unspecified atom stereocenters. The number of aromatic nitrogens is 4. The van der Waals surface area contributed by atoms with E-state index in [-0.39, 0.29) is 11.6 Å². The van der Waals surface area contributed by atoms with Crippen LogP contribution in [-0.2, 0) is 0 Å². The number of halogens is 2. The van der Waals surface area contributed by atoms with E-state index in [0.717, 1.165) is 31.9 Å². The van der Waals surface area contributed by atoms with E-state index >= 15 is 0 Å². The lowest BCUT2D eigenvalue weighted by molar-refractivity contribution is 0.102. The van der Waals surface area contributed by atoms with Crippen molar-refractivity contribution in [3.8, 4) is 0 Å². The van der Waals surface area contributed by atoms with Crippen molar-refractivity contribution in [3.05, 3.63) is 60.1 Å². The molecule has 1 saturated heterocycles. The van der Waals surface area contributed by atoms with Crippen LogP contribution in [0.2, 0.25) is 0 Å². The zero-order chi connectivity index (χ0) is 22.7. The van der Waals surface area contributed by atoms with E-state index in [4.69, 9.17) is 0 Å². The molecule has 1 aromatic carbocycles. The first kappa shape index (κ1) is 21.6. The van der Waals surface area contributed by atoms with Gasteiger partial charge < -0.3 is 19.9 Å². The number of carbonyl (C=O) groups excluding carboxylic acids is 1. The van der Waals surface area contributed by atoms with Gasteiger partial charge in [-0.3, -0.25) is 19.2 Å². The largest absolute Gasteiger partial charge is 0.367 e. The van der Waals surface area contributed by atoms with Crippen molar-refractivity contribution in [3.63, 3.8) is 0 Å². The Morgan fingerprint density at radius 3 is 2.56 bits per heavy atom. The average Bonchev–Trinajstić information content (AvgIpc) is 3.21. The Balaban J connectivity index is 0.00000119. The summed E-state index contributed by atoms with van der Waals surface area (Å²) in [6.07, 6.45) is 6.54. The molecule has 0 spiro atoms. The summed E-state index contributed by atoms with van der Waals surface area (Å²) in [6, 6.07) is 4.92. The molecule has 0 atom stereocenters. The van der Waals surface area contributed by atoms with Gasteiger partial charge in [-0.1, -0.05) is 0 Å². The number of piperazine rings is 1. The number of imidazole rings is 1. The third-order valence-electron chi connectivity index (χ3n) is 5.19. The Hall–Kier alpha value is -3.66. The van der Waals surface area contributed by atoms with Crippen molar-refractivity contribution >= 4 is 34.0 Å². The van der Waals surface area contributed by atoms with Crippen LogP contribution in [0.3, 0.4) is 0 Å². The highest BCUT2D eigenvalue weighted by atomic mass is 19.1. The predicted molar refractivity (Wildman–Crippen MR) is 119 cm³/mol. The summed E-state index contributed by atoms with van der Waals surface area (Å²) in [5.74, 6) is -0.873. The Kier molecular flexibility index (Phi) is 6.22. The number of rotatable bonds is 3. The first-order valence-corrected chi connectivity index (χ1v) is 10.1. The SMILES string of the molecule is CF.Cc1cn2cc(NC(=O)c3ccc(N4CCNCC4)c4nccnc34)cc(F)c2n1. The molecule has 166 valence electrons. The number of nitrogens with one attached hydrogen (secondary N) is 2. The van der Waals surface area contributed by atoms with Gasteiger partial charge in [-0.05, 0) is 19.1 Å². The summed E-state index contributed by atoms with van der Waals surface area (Å²) in [7, 11) is 0.500. The molecule has 1 aliphatic heterocycles. The molecule has 0 bridgehead atoms. The van der Waals surface area contributed by atoms with Crippen molar-refractivity contribution in [1.29, 1.82) is 0 Å². The number of pyridine rings is 1. The standard InChI is InChI=1S/C21H20FN7O.CH3F/c1-13-11-29-12-14(10-16(22)20(29)26-13)27-21(30)15-2-3-17(28-8-6-23-7-9-28)19-18(15)24-4-5-25-19;1-2/h2-5,10-12,23H,6-9H2,1H3,(H,27,30);1H3. The van der Waals surface area contributed by atoms with Crippen molar-refractivity contribution in [2.24, 2.45) is 0 Å². The Morgan fingerprint density at radius 2 is 1.81 bits per heavy atom. The number of aryl methyl sites for hydroxylation is 1. The first-order chi connectivity index (χ1) is 15.6. The zero-order valence-electron chi connectivity index (χ0n) is 17.8. The summed E-state index contributed by atoms with van der Waals surface area (Å²) in [4.78, 5) is 28.3. The van der Waals surface area contributed by atoms with Gasteiger partial charge in [0, 0.05) is 57.0 Å². The van der Waals surface area contributed by atoms with E-state index in [1.54, 1.807) is 42.2 Å². The zero-order valence-corrected chi connectivity index (χ0v) is 17.8. The molecule has 0 saturated carbocycles. The Labute approximate surface area is 183 Å². The van der Waals surface area contributed by atoms with E-state index < -0.39 is 5.82 Å². The number of hydrogen-bond donors (Lipinski definition) is 2. The molecule has 2 N–H and O–H groups in total. The van der Waals surface area contributed by atoms with Crippen LogP contribution < -0.4 is 15.5 Å². The molecule has 8 nitrogen and oxygen atoms in total. The maximum absolute atomic E-state index is 14.4. The van der Waals surface area contributed by atoms with Crippen LogP contribution in [0.1, 0.15) is 16.1 Å². The second-order valence-corrected chi connectivity index (χ2v) is 7.27. The minimum Gasteiger partial charge on any atom is -0.367 e. The predicted octanol–water partition coefficient (Wildman–Crippen LogP) is 2.97. The molecule has 0 radical (unpaired) electrons. The lowest BCUT2D eigenvalue weighted by Crippen LogP contribution is -2.43. The van der Waals surface area contributed by atoms with Gasteiger partial charge in [0.25, 0.3) is 5.91 Å². The minimum absolute atomic E-state index is 0.224. The normalized spacial score (nSPS) is 13.7. The summed E-state index contributed by atoms with van der Waals surface area (Å²) in [5.41, 5.74) is 3.80. The van der Waals surface area contributed by atoms with E-state index in [0.29, 0.717) is 35.2 Å². The number of alkyl halides is 1. The molecule has 4 heterocycles. The van der Waals surface area contributed by atoms with Gasteiger partial charge >= 0.3 is 0 Å². The smallest absolute Gasteiger partial charge is 0.257 e. The number of nitrogens with zero attached hydrogens (tertiary/aromatic N) is 5. The molecular formula is C22H23F2N7O. The fourth-order valence-electron chi connectivity index (χ4n) is 3.83. The number of hydrogen-bond acceptors (Lipinski definition) is 6. The second kappa shape index (κ2) is 9.23. The highest BCUT2D eigenvalue weighted by molar-refractivity contribution is 6.13. The van der Waals surface area contributed by atoms with Gasteiger partial charge in [-0.15, -0.1) is 0 Å². The molecule has 1 aliphatic rings. The molecule has 10 heteroatoms. The van der Waals surface area contributed by atoms with Crippen LogP contribution in [0.15, 0.2) is 43.0 Å². The first-order valence-electron chi connectivity index (χ1n) is 10.1. The van der Waals surface area contributed by atoms with Gasteiger partial charge in [-0.2, -0.15) is 0 Å². The van der Waals surface area contributed by atoms with Crippen LogP contribution in [0, 0.1) is 12.7 Å². The summed E-state index contributed by atoms with van der Waals surface area (Å²) in [5, 5.41) is 6.10. The summed E-state index contributed by atoms with van der Waals surface area (Å²) < 4.78 is 25.4. The van der Waals surface area contributed by atoms with E-state index in [1.165, 1.54) is 6.07 Å². The summed E-state index contributed by atoms with van der Waals surface area (Å²) in [6.45, 7) is 5.30. The average molecular weight is 439 g/mol. The van der Waals surface area contributed by atoms with E-state index in [9.17, 15) is 13.6 Å². The molecule has 5 rings (SSSR count). The van der Waals surface area contributed by atoms with Crippen molar-refractivity contribution in [1.82, 2.24) is 24.7 Å². The molecular weight excluding hydrogens is 416 g/mol. The van der Waals surface area contributed by atoms with Gasteiger partial charge in [0.15, 0.2) is 11.5 Å². The van der Waals surface area contributed by atoms with Crippen molar-refractivity contribution in [2.75, 3.05) is 43.6 Å². The van der Waals surface area contributed by atoms with Gasteiger partial charge in [0.2, 0.25) is 0 Å². The topological polar surface area (TPSA) is 87.5 Å². The van der Waals surface area contributed by atoms with E-state index in [2.05, 4.69) is 30.5 Å². The number of amides is 1. The lowest BCUT2D eigenvalue weighted by atomic mass is 10.1. The molecule has 1 fully saturated rings. The highest BCUT2D eigenvalue weighted by Crippen LogP contribution is 2.27. The maximum atomic E-state index is 14.4. The van der Waals surface area contributed by atoms with Crippen LogP contribution in [0.4, 0.5) is 20.2 Å². The highest BCUT2D eigenvalue weighted by Gasteiger charge is 2.19. The molecule has 3 aromatic heterocycles. The van der Waals surface area contributed by atoms with Gasteiger partial charge in [0.05, 0.1) is 29.8 Å². The van der Waals surface area contributed by atoms with Gasteiger partial charge in [-0.25, -0.2) is 9.37 Å². The second-order valence-electron chi connectivity index (χ2n) is 7.27. The minimum atomic E-state index is -0.500. The Bertz CT molecular complexity index is 1270. The fraction of sp³-hybridized carbons (Fsp3) is 0.273. The van der Waals surface area contributed by atoms with Crippen molar-refractivity contribution in [2.45, 2.75) is 6.92 Å². The molecule has 0 aliphatic carbocycles. The van der Waals surface area contributed by atoms with Crippen LogP contribution in [-0.4, -0.2) is 58.6 Å². The molecule has 1 amide bonds. The number of benzene rings is 1. The van der Waals surface area contributed by atoms with Crippen LogP contribution >= 0.6 is 0 Å².